The number of nitro groups is 2. The van der Waals surface area contributed by atoms with Crippen LogP contribution in [0.1, 0.15) is 32.7 Å². The Labute approximate surface area is 162 Å². The van der Waals surface area contributed by atoms with Crippen LogP contribution in [0.4, 0.5) is 11.4 Å². The molecule has 3 rings (SSSR count). The summed E-state index contributed by atoms with van der Waals surface area (Å²) in [5.41, 5.74) is -0.408. The number of benzene rings is 2. The van der Waals surface area contributed by atoms with Gasteiger partial charge in [0.15, 0.2) is 0 Å². The lowest BCUT2D eigenvalue weighted by Gasteiger charge is -2.13. The van der Waals surface area contributed by atoms with Crippen molar-refractivity contribution in [3.63, 3.8) is 0 Å². The Balaban J connectivity index is 1.58. The third-order valence-electron chi connectivity index (χ3n) is 4.26. The number of nitrogens with zero attached hydrogens (tertiary/aromatic N) is 3. The van der Waals surface area contributed by atoms with Crippen LogP contribution >= 0.6 is 0 Å². The van der Waals surface area contributed by atoms with E-state index in [1.807, 2.05) is 0 Å². The Morgan fingerprint density at radius 3 is 2.28 bits per heavy atom. The maximum Gasteiger partial charge on any atom is 0.307 e. The van der Waals surface area contributed by atoms with Crippen molar-refractivity contribution < 1.29 is 29.0 Å². The zero-order valence-electron chi connectivity index (χ0n) is 14.8. The predicted molar refractivity (Wildman–Crippen MR) is 96.0 cm³/mol. The fraction of sp³-hybridized carbons (Fsp3) is 0.167. The average Bonchev–Trinajstić information content (AvgIpc) is 2.95. The minimum Gasteiger partial charge on any atom is -0.461 e. The number of fused-ring (bicyclic) bond motifs is 1. The molecule has 2 amide bonds. The van der Waals surface area contributed by atoms with Crippen LogP contribution in [0.2, 0.25) is 0 Å². The first kappa shape index (κ1) is 19.6. The van der Waals surface area contributed by atoms with Crippen LogP contribution in [0, 0.1) is 20.2 Å². The van der Waals surface area contributed by atoms with Crippen molar-refractivity contribution in [2.75, 3.05) is 6.54 Å². The molecule has 11 heteroatoms. The predicted octanol–water partition coefficient (Wildman–Crippen LogP) is 2.23. The molecule has 0 radical (unpaired) electrons. The normalized spacial score (nSPS) is 12.6. The summed E-state index contributed by atoms with van der Waals surface area (Å²) in [7, 11) is 0. The molecule has 0 saturated carbocycles. The first-order valence-corrected chi connectivity index (χ1v) is 8.32. The molecule has 148 valence electrons. The van der Waals surface area contributed by atoms with Gasteiger partial charge >= 0.3 is 5.97 Å². The van der Waals surface area contributed by atoms with Crippen molar-refractivity contribution >= 4 is 29.2 Å². The van der Waals surface area contributed by atoms with E-state index >= 15 is 0 Å². The Kier molecular flexibility index (Phi) is 5.30. The van der Waals surface area contributed by atoms with Crippen LogP contribution in [0.25, 0.3) is 0 Å². The van der Waals surface area contributed by atoms with Gasteiger partial charge in [0.1, 0.15) is 12.2 Å². The Bertz CT molecular complexity index is 1030. The van der Waals surface area contributed by atoms with Gasteiger partial charge < -0.3 is 4.74 Å². The van der Waals surface area contributed by atoms with E-state index in [0.29, 0.717) is 5.56 Å². The number of esters is 1. The molecule has 0 fully saturated rings. The molecule has 0 aromatic heterocycles. The third-order valence-corrected chi connectivity index (χ3v) is 4.26. The van der Waals surface area contributed by atoms with Crippen molar-refractivity contribution in [3.05, 3.63) is 79.4 Å². The highest BCUT2D eigenvalue weighted by Crippen LogP contribution is 2.30. The highest BCUT2D eigenvalue weighted by molar-refractivity contribution is 6.23. The van der Waals surface area contributed by atoms with Crippen molar-refractivity contribution in [1.82, 2.24) is 4.90 Å². The van der Waals surface area contributed by atoms with Gasteiger partial charge in [-0.1, -0.05) is 6.07 Å². The number of carbonyl (C=O) groups is 3. The number of hydrogen-bond donors (Lipinski definition) is 0. The fourth-order valence-electron chi connectivity index (χ4n) is 2.82. The monoisotopic (exact) mass is 399 g/mol. The second kappa shape index (κ2) is 7.84. The Morgan fingerprint density at radius 1 is 0.966 bits per heavy atom. The van der Waals surface area contributed by atoms with Crippen LogP contribution in [-0.2, 0) is 16.1 Å². The van der Waals surface area contributed by atoms with Gasteiger partial charge in [-0.2, -0.15) is 0 Å². The van der Waals surface area contributed by atoms with Crippen LogP contribution in [-0.4, -0.2) is 39.1 Å². The summed E-state index contributed by atoms with van der Waals surface area (Å²) in [5, 5.41) is 21.7. The standard InChI is InChI=1S/C18H13N3O8/c22-15(29-10-11-4-6-12(7-5-11)20(25)26)8-9-19-17(23)13-2-1-3-14(21(27)28)16(13)18(19)24/h1-7H,8-10H2. The average molecular weight is 399 g/mol. The number of hydrogen-bond acceptors (Lipinski definition) is 8. The molecule has 0 aliphatic carbocycles. The van der Waals surface area contributed by atoms with Crippen molar-refractivity contribution in [1.29, 1.82) is 0 Å². The van der Waals surface area contributed by atoms with E-state index in [0.717, 1.165) is 11.0 Å². The van der Waals surface area contributed by atoms with Gasteiger partial charge in [-0.15, -0.1) is 0 Å². The highest BCUT2D eigenvalue weighted by atomic mass is 16.6. The molecule has 1 heterocycles. The van der Waals surface area contributed by atoms with E-state index in [1.54, 1.807) is 0 Å². The second-order valence-corrected chi connectivity index (χ2v) is 6.05. The summed E-state index contributed by atoms with van der Waals surface area (Å²) in [4.78, 5) is 57.8. The lowest BCUT2D eigenvalue weighted by atomic mass is 10.1. The number of ether oxygens (including phenoxy) is 1. The van der Waals surface area contributed by atoms with E-state index in [9.17, 15) is 34.6 Å². The molecular weight excluding hydrogens is 386 g/mol. The molecule has 0 bridgehead atoms. The maximum atomic E-state index is 12.4. The molecule has 0 N–H and O–H groups in total. The zero-order chi connectivity index (χ0) is 21.1. The first-order chi connectivity index (χ1) is 13.8. The van der Waals surface area contributed by atoms with E-state index in [-0.39, 0.29) is 36.4 Å². The number of carbonyl (C=O) groups excluding carboxylic acids is 3. The summed E-state index contributed by atoms with van der Waals surface area (Å²) >= 11 is 0. The van der Waals surface area contributed by atoms with Gasteiger partial charge in [0.2, 0.25) is 0 Å². The molecule has 0 unspecified atom stereocenters. The molecule has 2 aromatic carbocycles. The molecule has 1 aliphatic heterocycles. The number of rotatable bonds is 7. The SMILES string of the molecule is O=C(CCN1C(=O)c2cccc([N+](=O)[O-])c2C1=O)OCc1ccc([N+](=O)[O-])cc1. The first-order valence-electron chi connectivity index (χ1n) is 8.32. The second-order valence-electron chi connectivity index (χ2n) is 6.05. The topological polar surface area (TPSA) is 150 Å². The molecule has 1 aliphatic rings. The van der Waals surface area contributed by atoms with Crippen molar-refractivity contribution in [2.45, 2.75) is 13.0 Å². The summed E-state index contributed by atoms with van der Waals surface area (Å²) in [6.07, 6.45) is -0.299. The van der Waals surface area contributed by atoms with Crippen LogP contribution in [0.15, 0.2) is 42.5 Å². The molecule has 0 spiro atoms. The van der Waals surface area contributed by atoms with Crippen molar-refractivity contribution in [2.24, 2.45) is 0 Å². The number of imide groups is 1. The summed E-state index contributed by atoms with van der Waals surface area (Å²) in [5.74, 6) is -2.24. The Morgan fingerprint density at radius 2 is 1.66 bits per heavy atom. The zero-order valence-corrected chi connectivity index (χ0v) is 14.8. The van der Waals surface area contributed by atoms with Crippen molar-refractivity contribution in [3.8, 4) is 0 Å². The van der Waals surface area contributed by atoms with E-state index in [2.05, 4.69) is 0 Å². The van der Waals surface area contributed by atoms with Crippen LogP contribution < -0.4 is 0 Å². The van der Waals surface area contributed by atoms with Gasteiger partial charge in [0.05, 0.1) is 21.8 Å². The summed E-state index contributed by atoms with van der Waals surface area (Å²) < 4.78 is 5.03. The summed E-state index contributed by atoms with van der Waals surface area (Å²) in [6.45, 7) is -0.424. The van der Waals surface area contributed by atoms with Gasteiger partial charge in [-0.25, -0.2) is 0 Å². The van der Waals surface area contributed by atoms with E-state index in [1.165, 1.54) is 36.4 Å². The maximum absolute atomic E-state index is 12.4. The number of amides is 2. The minimum atomic E-state index is -0.833. The highest BCUT2D eigenvalue weighted by Gasteiger charge is 2.40. The van der Waals surface area contributed by atoms with E-state index < -0.39 is 33.3 Å². The van der Waals surface area contributed by atoms with Gasteiger partial charge in [0, 0.05) is 24.7 Å². The lowest BCUT2D eigenvalue weighted by molar-refractivity contribution is -0.385. The number of non-ortho nitro benzene ring substituents is 1. The molecule has 11 nitrogen and oxygen atoms in total. The number of nitro benzene ring substituents is 2. The third kappa shape index (κ3) is 3.93. The fourth-order valence-corrected chi connectivity index (χ4v) is 2.82. The minimum absolute atomic E-state index is 0.0801. The molecule has 0 atom stereocenters. The summed E-state index contributed by atoms with van der Waals surface area (Å²) in [6, 6.07) is 9.18. The van der Waals surface area contributed by atoms with Gasteiger partial charge in [0.25, 0.3) is 23.2 Å². The quantitative estimate of drug-likeness (QED) is 0.298. The van der Waals surface area contributed by atoms with E-state index in [4.69, 9.17) is 4.74 Å². The lowest BCUT2D eigenvalue weighted by Crippen LogP contribution is -2.32. The largest absolute Gasteiger partial charge is 0.461 e. The molecule has 29 heavy (non-hydrogen) atoms. The molecule has 2 aromatic rings. The van der Waals surface area contributed by atoms with Crippen LogP contribution in [0.5, 0.6) is 0 Å². The molecular formula is C18H13N3O8. The Hall–Kier alpha value is -4.15. The van der Waals surface area contributed by atoms with Gasteiger partial charge in [-0.3, -0.25) is 39.5 Å². The molecule has 0 saturated heterocycles. The van der Waals surface area contributed by atoms with Gasteiger partial charge in [-0.05, 0) is 23.8 Å². The smallest absolute Gasteiger partial charge is 0.307 e. The van der Waals surface area contributed by atoms with Crippen LogP contribution in [0.3, 0.4) is 0 Å².